The second-order valence-electron chi connectivity index (χ2n) is 5.58. The van der Waals surface area contributed by atoms with E-state index < -0.39 is 0 Å². The summed E-state index contributed by atoms with van der Waals surface area (Å²) in [4.78, 5) is 12.2. The number of nitrogens with one attached hydrogen (secondary N) is 1. The molecule has 0 aliphatic heterocycles. The number of para-hydroxylation sites is 1. The van der Waals surface area contributed by atoms with Crippen LogP contribution in [0.4, 0.5) is 5.69 Å². The molecule has 0 aliphatic carbocycles. The van der Waals surface area contributed by atoms with Gasteiger partial charge in [-0.1, -0.05) is 29.8 Å². The first-order valence-corrected chi connectivity index (χ1v) is 8.22. The smallest absolute Gasteiger partial charge is 0.262 e. The molecular formula is C19H18ClN3O2. The second kappa shape index (κ2) is 7.40. The molecule has 0 spiro atoms. The van der Waals surface area contributed by atoms with E-state index in [1.807, 2.05) is 48.9 Å². The topological polar surface area (TPSA) is 56.2 Å². The fourth-order valence-electron chi connectivity index (χ4n) is 2.50. The molecule has 5 nitrogen and oxygen atoms in total. The highest BCUT2D eigenvalue weighted by Crippen LogP contribution is 2.23. The molecule has 0 saturated heterocycles. The van der Waals surface area contributed by atoms with Gasteiger partial charge in [-0.25, -0.2) is 4.68 Å². The Morgan fingerprint density at radius 1 is 1.12 bits per heavy atom. The lowest BCUT2D eigenvalue weighted by Gasteiger charge is -2.08. The maximum atomic E-state index is 12.2. The lowest BCUT2D eigenvalue weighted by molar-refractivity contribution is -0.118. The number of carbonyl (C=O) groups is 1. The molecule has 128 valence electrons. The highest BCUT2D eigenvalue weighted by atomic mass is 35.5. The zero-order valence-electron chi connectivity index (χ0n) is 14.0. The van der Waals surface area contributed by atoms with Crippen molar-refractivity contribution in [2.75, 3.05) is 11.9 Å². The van der Waals surface area contributed by atoms with E-state index in [0.29, 0.717) is 16.5 Å². The molecule has 0 fully saturated rings. The van der Waals surface area contributed by atoms with E-state index in [4.69, 9.17) is 16.3 Å². The number of nitrogens with zero attached hydrogens (tertiary/aromatic N) is 2. The maximum absolute atomic E-state index is 12.2. The third-order valence-corrected chi connectivity index (χ3v) is 3.99. The number of rotatable bonds is 5. The second-order valence-corrected chi connectivity index (χ2v) is 6.02. The lowest BCUT2D eigenvalue weighted by atomic mass is 10.3. The Labute approximate surface area is 151 Å². The fourth-order valence-corrected chi connectivity index (χ4v) is 2.63. The first-order valence-electron chi connectivity index (χ1n) is 7.84. The molecule has 1 heterocycles. The number of ether oxygens (including phenoxy) is 1. The SMILES string of the molecule is Cc1nn(-c2ccccc2)c(C)c1NC(=O)COc1ccc(Cl)cc1. The number of anilines is 1. The van der Waals surface area contributed by atoms with Gasteiger partial charge in [-0.3, -0.25) is 4.79 Å². The molecule has 1 amide bonds. The summed E-state index contributed by atoms with van der Waals surface area (Å²) in [6.07, 6.45) is 0. The summed E-state index contributed by atoms with van der Waals surface area (Å²) < 4.78 is 7.28. The molecule has 0 unspecified atom stereocenters. The summed E-state index contributed by atoms with van der Waals surface area (Å²) in [6.45, 7) is 3.70. The predicted molar refractivity (Wildman–Crippen MR) is 98.6 cm³/mol. The Balaban J connectivity index is 1.69. The molecule has 0 atom stereocenters. The molecule has 25 heavy (non-hydrogen) atoms. The van der Waals surface area contributed by atoms with Gasteiger partial charge in [-0.05, 0) is 50.2 Å². The summed E-state index contributed by atoms with van der Waals surface area (Å²) in [6, 6.07) is 16.7. The molecule has 0 radical (unpaired) electrons. The minimum atomic E-state index is -0.242. The van der Waals surface area contributed by atoms with Crippen molar-refractivity contribution in [3.63, 3.8) is 0 Å². The molecule has 1 aromatic heterocycles. The number of halogens is 1. The van der Waals surface area contributed by atoms with Crippen molar-refractivity contribution in [1.82, 2.24) is 9.78 Å². The van der Waals surface area contributed by atoms with Gasteiger partial charge in [0.25, 0.3) is 5.91 Å². The largest absolute Gasteiger partial charge is 0.484 e. The molecule has 3 aromatic rings. The fraction of sp³-hybridized carbons (Fsp3) is 0.158. The monoisotopic (exact) mass is 355 g/mol. The van der Waals surface area contributed by atoms with Crippen molar-refractivity contribution in [2.24, 2.45) is 0 Å². The maximum Gasteiger partial charge on any atom is 0.262 e. The molecule has 6 heteroatoms. The van der Waals surface area contributed by atoms with Crippen LogP contribution >= 0.6 is 11.6 Å². The van der Waals surface area contributed by atoms with Crippen molar-refractivity contribution >= 4 is 23.2 Å². The van der Waals surface area contributed by atoms with Crippen molar-refractivity contribution in [1.29, 1.82) is 0 Å². The Morgan fingerprint density at radius 3 is 2.48 bits per heavy atom. The van der Waals surface area contributed by atoms with Gasteiger partial charge in [0.15, 0.2) is 6.61 Å². The highest BCUT2D eigenvalue weighted by Gasteiger charge is 2.15. The molecule has 0 bridgehead atoms. The van der Waals surface area contributed by atoms with Gasteiger partial charge in [0.2, 0.25) is 0 Å². The summed E-state index contributed by atoms with van der Waals surface area (Å²) in [7, 11) is 0. The van der Waals surface area contributed by atoms with Gasteiger partial charge in [-0.2, -0.15) is 5.10 Å². The van der Waals surface area contributed by atoms with Gasteiger partial charge < -0.3 is 10.1 Å². The molecule has 2 aromatic carbocycles. The summed E-state index contributed by atoms with van der Waals surface area (Å²) in [5.74, 6) is 0.349. The van der Waals surface area contributed by atoms with Gasteiger partial charge in [-0.15, -0.1) is 0 Å². The molecule has 3 rings (SSSR count). The molecule has 0 saturated carbocycles. The zero-order valence-corrected chi connectivity index (χ0v) is 14.7. The molecule has 1 N–H and O–H groups in total. The van der Waals surface area contributed by atoms with Gasteiger partial charge in [0.1, 0.15) is 5.75 Å². The standard InChI is InChI=1S/C19H18ClN3O2/c1-13-19(14(2)23(22-13)16-6-4-3-5-7-16)21-18(24)12-25-17-10-8-15(20)9-11-17/h3-11H,12H2,1-2H3,(H,21,24). The summed E-state index contributed by atoms with van der Waals surface area (Å²) in [5, 5.41) is 8.01. The van der Waals surface area contributed by atoms with E-state index in [2.05, 4.69) is 10.4 Å². The number of benzene rings is 2. The Morgan fingerprint density at radius 2 is 1.80 bits per heavy atom. The predicted octanol–water partition coefficient (Wildman–Crippen LogP) is 4.16. The minimum Gasteiger partial charge on any atom is -0.484 e. The van der Waals surface area contributed by atoms with Crippen LogP contribution in [0.3, 0.4) is 0 Å². The van der Waals surface area contributed by atoms with Crippen LogP contribution in [0.2, 0.25) is 5.02 Å². The van der Waals surface area contributed by atoms with Gasteiger partial charge in [0.05, 0.1) is 22.8 Å². The highest BCUT2D eigenvalue weighted by molar-refractivity contribution is 6.30. The van der Waals surface area contributed by atoms with Crippen LogP contribution in [0.5, 0.6) is 5.75 Å². The zero-order chi connectivity index (χ0) is 17.8. The van der Waals surface area contributed by atoms with Crippen molar-refractivity contribution in [3.8, 4) is 11.4 Å². The summed E-state index contributed by atoms with van der Waals surface area (Å²) in [5.41, 5.74) is 3.26. The lowest BCUT2D eigenvalue weighted by Crippen LogP contribution is -2.20. The van der Waals surface area contributed by atoms with E-state index in [1.54, 1.807) is 24.3 Å². The van der Waals surface area contributed by atoms with E-state index in [-0.39, 0.29) is 12.5 Å². The minimum absolute atomic E-state index is 0.0863. The Kier molecular flexibility index (Phi) is 5.05. The van der Waals surface area contributed by atoms with E-state index in [0.717, 1.165) is 17.1 Å². The van der Waals surface area contributed by atoms with Gasteiger partial charge in [0, 0.05) is 5.02 Å². The third kappa shape index (κ3) is 4.00. The molecular weight excluding hydrogens is 338 g/mol. The number of hydrogen-bond acceptors (Lipinski definition) is 3. The van der Waals surface area contributed by atoms with E-state index in [9.17, 15) is 4.79 Å². The van der Waals surface area contributed by atoms with Crippen LogP contribution in [0, 0.1) is 13.8 Å². The van der Waals surface area contributed by atoms with E-state index in [1.165, 1.54) is 0 Å². The third-order valence-electron chi connectivity index (χ3n) is 3.74. The van der Waals surface area contributed by atoms with Crippen LogP contribution in [-0.4, -0.2) is 22.3 Å². The average Bonchev–Trinajstić information content (AvgIpc) is 2.90. The number of amides is 1. The van der Waals surface area contributed by atoms with Crippen LogP contribution in [-0.2, 0) is 4.79 Å². The number of aromatic nitrogens is 2. The Bertz CT molecular complexity index is 874. The Hall–Kier alpha value is -2.79. The normalized spacial score (nSPS) is 10.5. The van der Waals surface area contributed by atoms with Crippen molar-refractivity contribution in [2.45, 2.75) is 13.8 Å². The van der Waals surface area contributed by atoms with Crippen LogP contribution < -0.4 is 10.1 Å². The van der Waals surface area contributed by atoms with Crippen molar-refractivity contribution < 1.29 is 9.53 Å². The molecule has 0 aliphatic rings. The van der Waals surface area contributed by atoms with Crippen LogP contribution in [0.1, 0.15) is 11.4 Å². The summed E-state index contributed by atoms with van der Waals surface area (Å²) >= 11 is 5.83. The quantitative estimate of drug-likeness (QED) is 0.747. The average molecular weight is 356 g/mol. The first kappa shape index (κ1) is 17.0. The van der Waals surface area contributed by atoms with E-state index >= 15 is 0 Å². The van der Waals surface area contributed by atoms with Crippen molar-refractivity contribution in [3.05, 3.63) is 71.0 Å². The van der Waals surface area contributed by atoms with Crippen LogP contribution in [0.25, 0.3) is 5.69 Å². The number of hydrogen-bond donors (Lipinski definition) is 1. The van der Waals surface area contributed by atoms with Crippen LogP contribution in [0.15, 0.2) is 54.6 Å². The first-order chi connectivity index (χ1) is 12.0. The number of carbonyl (C=O) groups excluding carboxylic acids is 1. The number of aryl methyl sites for hydroxylation is 1. The van der Waals surface area contributed by atoms with Gasteiger partial charge >= 0.3 is 0 Å².